The molecule has 1 N–H and O–H groups in total. The smallest absolute Gasteiger partial charge is 0.264 e. The Morgan fingerprint density at radius 1 is 0.921 bits per heavy atom. The fourth-order valence-electron chi connectivity index (χ4n) is 3.96. The maximum atomic E-state index is 13.8. The number of amides is 2. The van der Waals surface area contributed by atoms with Gasteiger partial charge in [0, 0.05) is 18.1 Å². The van der Waals surface area contributed by atoms with Gasteiger partial charge in [0.05, 0.1) is 10.6 Å². The normalized spacial score (nSPS) is 12.0. The summed E-state index contributed by atoms with van der Waals surface area (Å²) >= 11 is 6.04. The molecule has 1 atom stereocenters. The first kappa shape index (κ1) is 29.2. The van der Waals surface area contributed by atoms with E-state index in [1.807, 2.05) is 37.3 Å². The molecular formula is C29H34ClN3O4S. The molecule has 0 heterocycles. The van der Waals surface area contributed by atoms with E-state index in [1.54, 1.807) is 49.4 Å². The highest BCUT2D eigenvalue weighted by Crippen LogP contribution is 2.25. The number of benzene rings is 3. The summed E-state index contributed by atoms with van der Waals surface area (Å²) in [6.07, 6.45) is 2.28. The van der Waals surface area contributed by atoms with E-state index in [0.717, 1.165) is 22.7 Å². The Bertz CT molecular complexity index is 1290. The average molecular weight is 556 g/mol. The van der Waals surface area contributed by atoms with Crippen molar-refractivity contribution in [3.05, 3.63) is 95.5 Å². The minimum atomic E-state index is -4.08. The molecule has 0 aliphatic heterocycles. The molecule has 3 rings (SSSR count). The number of hydrogen-bond donors (Lipinski definition) is 1. The van der Waals surface area contributed by atoms with Crippen LogP contribution >= 0.6 is 11.6 Å². The zero-order valence-electron chi connectivity index (χ0n) is 21.7. The highest BCUT2D eigenvalue weighted by Gasteiger charge is 2.32. The van der Waals surface area contributed by atoms with Gasteiger partial charge in [-0.2, -0.15) is 0 Å². The average Bonchev–Trinajstić information content (AvgIpc) is 2.93. The number of hydrogen-bond acceptors (Lipinski definition) is 4. The molecule has 0 spiro atoms. The lowest BCUT2D eigenvalue weighted by molar-refractivity contribution is -0.138. The number of carbonyl (C=O) groups is 2. The first-order valence-electron chi connectivity index (χ1n) is 12.7. The second kappa shape index (κ2) is 14.0. The van der Waals surface area contributed by atoms with Crippen molar-refractivity contribution >= 4 is 39.1 Å². The minimum Gasteiger partial charge on any atom is -0.354 e. The summed E-state index contributed by atoms with van der Waals surface area (Å²) in [4.78, 5) is 28.2. The van der Waals surface area contributed by atoms with E-state index in [2.05, 4.69) is 5.32 Å². The second-order valence-corrected chi connectivity index (χ2v) is 11.2. The molecule has 202 valence electrons. The van der Waals surface area contributed by atoms with Crippen LogP contribution in [0.25, 0.3) is 0 Å². The summed E-state index contributed by atoms with van der Waals surface area (Å²) < 4.78 is 28.4. The van der Waals surface area contributed by atoms with Gasteiger partial charge < -0.3 is 10.2 Å². The number of anilines is 1. The van der Waals surface area contributed by atoms with Crippen LogP contribution in [0.2, 0.25) is 5.02 Å². The molecule has 3 aromatic carbocycles. The Balaban J connectivity index is 1.92. The van der Waals surface area contributed by atoms with E-state index in [4.69, 9.17) is 11.6 Å². The van der Waals surface area contributed by atoms with Gasteiger partial charge in [-0.15, -0.1) is 0 Å². The molecule has 0 fully saturated rings. The molecule has 0 radical (unpaired) electrons. The van der Waals surface area contributed by atoms with Gasteiger partial charge in [-0.1, -0.05) is 73.5 Å². The third-order valence-corrected chi connectivity index (χ3v) is 8.25. The molecule has 0 bridgehead atoms. The number of sulfonamides is 1. The summed E-state index contributed by atoms with van der Waals surface area (Å²) in [5.74, 6) is -0.752. The predicted octanol–water partition coefficient (Wildman–Crippen LogP) is 4.91. The molecule has 9 heteroatoms. The lowest BCUT2D eigenvalue weighted by Crippen LogP contribution is -2.52. The molecular weight excluding hydrogens is 522 g/mol. The third-order valence-electron chi connectivity index (χ3n) is 6.21. The maximum Gasteiger partial charge on any atom is 0.264 e. The monoisotopic (exact) mass is 555 g/mol. The Kier molecular flexibility index (Phi) is 10.7. The van der Waals surface area contributed by atoms with E-state index < -0.39 is 28.5 Å². The topological polar surface area (TPSA) is 86.8 Å². The number of carbonyl (C=O) groups excluding carboxylic acids is 2. The van der Waals surface area contributed by atoms with Crippen molar-refractivity contribution in [1.29, 1.82) is 0 Å². The van der Waals surface area contributed by atoms with Crippen molar-refractivity contribution in [3.63, 3.8) is 0 Å². The van der Waals surface area contributed by atoms with Crippen LogP contribution in [-0.2, 0) is 26.0 Å². The van der Waals surface area contributed by atoms with Crippen molar-refractivity contribution in [3.8, 4) is 0 Å². The van der Waals surface area contributed by atoms with Crippen molar-refractivity contribution in [2.75, 3.05) is 23.9 Å². The SMILES string of the molecule is CCCCNC(=O)[C@@H](C)N(CCc1ccccc1)C(=O)CN(c1ccc(Cl)cc1)S(=O)(=O)c1ccccc1. The van der Waals surface area contributed by atoms with Crippen LogP contribution in [0.5, 0.6) is 0 Å². The fourth-order valence-corrected chi connectivity index (χ4v) is 5.52. The number of rotatable bonds is 13. The molecule has 0 unspecified atom stereocenters. The number of nitrogens with one attached hydrogen (secondary N) is 1. The van der Waals surface area contributed by atoms with Gasteiger partial charge in [-0.3, -0.25) is 13.9 Å². The molecule has 0 aromatic heterocycles. The Morgan fingerprint density at radius 3 is 2.13 bits per heavy atom. The Morgan fingerprint density at radius 2 is 1.53 bits per heavy atom. The molecule has 0 aliphatic carbocycles. The largest absolute Gasteiger partial charge is 0.354 e. The van der Waals surface area contributed by atoms with E-state index in [9.17, 15) is 18.0 Å². The van der Waals surface area contributed by atoms with E-state index in [0.29, 0.717) is 23.7 Å². The number of nitrogens with zero attached hydrogens (tertiary/aromatic N) is 2. The first-order valence-corrected chi connectivity index (χ1v) is 14.5. The number of unbranched alkanes of at least 4 members (excludes halogenated alkanes) is 1. The summed E-state index contributed by atoms with van der Waals surface area (Å²) in [7, 11) is -4.08. The van der Waals surface area contributed by atoms with Crippen LogP contribution in [0.15, 0.2) is 89.8 Å². The molecule has 0 saturated heterocycles. The summed E-state index contributed by atoms with van der Waals surface area (Å²) in [5.41, 5.74) is 1.31. The Hall–Kier alpha value is -3.36. The zero-order chi connectivity index (χ0) is 27.5. The van der Waals surface area contributed by atoms with Crippen LogP contribution < -0.4 is 9.62 Å². The van der Waals surface area contributed by atoms with Gasteiger partial charge in [0.2, 0.25) is 11.8 Å². The third kappa shape index (κ3) is 7.82. The van der Waals surface area contributed by atoms with Gasteiger partial charge >= 0.3 is 0 Å². The van der Waals surface area contributed by atoms with Gasteiger partial charge in [-0.25, -0.2) is 8.42 Å². The van der Waals surface area contributed by atoms with E-state index in [-0.39, 0.29) is 17.3 Å². The highest BCUT2D eigenvalue weighted by molar-refractivity contribution is 7.92. The van der Waals surface area contributed by atoms with Crippen LogP contribution in [0, 0.1) is 0 Å². The van der Waals surface area contributed by atoms with Crippen LogP contribution in [0.3, 0.4) is 0 Å². The number of halogens is 1. The van der Waals surface area contributed by atoms with Crippen molar-refractivity contribution in [1.82, 2.24) is 10.2 Å². The summed E-state index contributed by atoms with van der Waals surface area (Å²) in [5, 5.41) is 3.33. The zero-order valence-corrected chi connectivity index (χ0v) is 23.3. The maximum absolute atomic E-state index is 13.8. The predicted molar refractivity (Wildman–Crippen MR) is 152 cm³/mol. The van der Waals surface area contributed by atoms with E-state index >= 15 is 0 Å². The van der Waals surface area contributed by atoms with Gasteiger partial charge in [-0.05, 0) is 61.7 Å². The fraction of sp³-hybridized carbons (Fsp3) is 0.310. The quantitative estimate of drug-likeness (QED) is 0.304. The molecule has 3 aromatic rings. The van der Waals surface area contributed by atoms with Crippen LogP contribution in [0.4, 0.5) is 5.69 Å². The van der Waals surface area contributed by atoms with Gasteiger partial charge in [0.1, 0.15) is 12.6 Å². The standard InChI is InChI=1S/C29H34ClN3O4S/c1-3-4-20-31-29(35)23(2)32(21-19-24-11-7-5-8-12-24)28(34)22-33(26-17-15-25(30)16-18-26)38(36,37)27-13-9-6-10-14-27/h5-18,23H,3-4,19-22H2,1-2H3,(H,31,35)/t23-/m1/s1. The van der Waals surface area contributed by atoms with Gasteiger partial charge in [0.15, 0.2) is 0 Å². The van der Waals surface area contributed by atoms with Crippen molar-refractivity contribution in [2.45, 2.75) is 44.0 Å². The lowest BCUT2D eigenvalue weighted by Gasteiger charge is -2.32. The first-order chi connectivity index (χ1) is 18.2. The molecule has 7 nitrogen and oxygen atoms in total. The molecule has 0 aliphatic rings. The van der Waals surface area contributed by atoms with E-state index in [1.165, 1.54) is 17.0 Å². The van der Waals surface area contributed by atoms with Crippen LogP contribution in [0.1, 0.15) is 32.3 Å². The molecule has 2 amide bonds. The summed E-state index contributed by atoms with van der Waals surface area (Å²) in [6, 6.07) is 23.1. The van der Waals surface area contributed by atoms with Crippen molar-refractivity contribution in [2.24, 2.45) is 0 Å². The second-order valence-electron chi connectivity index (χ2n) is 8.94. The Labute approximate surface area is 230 Å². The lowest BCUT2D eigenvalue weighted by atomic mass is 10.1. The van der Waals surface area contributed by atoms with Crippen molar-refractivity contribution < 1.29 is 18.0 Å². The molecule has 38 heavy (non-hydrogen) atoms. The highest BCUT2D eigenvalue weighted by atomic mass is 35.5. The summed E-state index contributed by atoms with van der Waals surface area (Å²) in [6.45, 7) is 4.00. The molecule has 0 saturated carbocycles. The van der Waals surface area contributed by atoms with Crippen LogP contribution in [-0.4, -0.2) is 50.8 Å². The minimum absolute atomic E-state index is 0.0592. The van der Waals surface area contributed by atoms with Gasteiger partial charge in [0.25, 0.3) is 10.0 Å².